The summed E-state index contributed by atoms with van der Waals surface area (Å²) in [6.07, 6.45) is 1.08. The fourth-order valence-electron chi connectivity index (χ4n) is 3.25. The Labute approximate surface area is 141 Å². The molecule has 0 aliphatic carbocycles. The summed E-state index contributed by atoms with van der Waals surface area (Å²) in [5, 5.41) is 3.35. The average Bonchev–Trinajstić information content (AvgIpc) is 3.06. The van der Waals surface area contributed by atoms with Crippen molar-refractivity contribution in [1.82, 2.24) is 15.1 Å². The van der Waals surface area contributed by atoms with Gasteiger partial charge >= 0.3 is 0 Å². The van der Waals surface area contributed by atoms with Crippen LogP contribution in [0.4, 0.5) is 8.78 Å². The minimum Gasteiger partial charge on any atom is -0.340 e. The van der Waals surface area contributed by atoms with Crippen LogP contribution < -0.4 is 5.32 Å². The zero-order valence-electron chi connectivity index (χ0n) is 12.9. The Balaban J connectivity index is 0.00000192. The number of benzene rings is 1. The normalized spacial score (nSPS) is 22.0. The molecule has 2 saturated heterocycles. The lowest BCUT2D eigenvalue weighted by Gasteiger charge is -2.37. The van der Waals surface area contributed by atoms with Crippen molar-refractivity contribution in [3.8, 4) is 0 Å². The maximum absolute atomic E-state index is 13.6. The van der Waals surface area contributed by atoms with Gasteiger partial charge in [-0.15, -0.1) is 12.4 Å². The SMILES string of the molecule is Cl.O=C(Cc1cccc(F)c1F)N1CCN(C2CCNC2)CC1. The van der Waals surface area contributed by atoms with Crippen LogP contribution in [0.5, 0.6) is 0 Å². The molecule has 0 aromatic heterocycles. The van der Waals surface area contributed by atoms with E-state index in [9.17, 15) is 13.6 Å². The predicted molar refractivity (Wildman–Crippen MR) is 86.7 cm³/mol. The molecule has 0 radical (unpaired) electrons. The Hall–Kier alpha value is -1.24. The second-order valence-electron chi connectivity index (χ2n) is 5.95. The Kier molecular flexibility index (Phi) is 6.33. The summed E-state index contributed by atoms with van der Waals surface area (Å²) in [5.41, 5.74) is 0.132. The summed E-state index contributed by atoms with van der Waals surface area (Å²) in [4.78, 5) is 16.4. The fourth-order valence-corrected chi connectivity index (χ4v) is 3.25. The van der Waals surface area contributed by atoms with Gasteiger partial charge in [-0.1, -0.05) is 12.1 Å². The minimum absolute atomic E-state index is 0. The van der Waals surface area contributed by atoms with Crippen LogP contribution in [0.1, 0.15) is 12.0 Å². The van der Waals surface area contributed by atoms with Gasteiger partial charge in [-0.3, -0.25) is 9.69 Å². The molecule has 1 N–H and O–H groups in total. The van der Waals surface area contributed by atoms with Gasteiger partial charge in [0.15, 0.2) is 11.6 Å². The van der Waals surface area contributed by atoms with Gasteiger partial charge in [0.1, 0.15) is 0 Å². The van der Waals surface area contributed by atoms with Crippen LogP contribution in [0.3, 0.4) is 0 Å². The molecule has 23 heavy (non-hydrogen) atoms. The van der Waals surface area contributed by atoms with Gasteiger partial charge in [0, 0.05) is 44.3 Å². The van der Waals surface area contributed by atoms with Crippen molar-refractivity contribution < 1.29 is 13.6 Å². The fraction of sp³-hybridized carbons (Fsp3) is 0.562. The lowest BCUT2D eigenvalue weighted by molar-refractivity contribution is -0.132. The smallest absolute Gasteiger partial charge is 0.227 e. The molecule has 2 heterocycles. The van der Waals surface area contributed by atoms with Gasteiger partial charge in [0.25, 0.3) is 0 Å². The van der Waals surface area contributed by atoms with Crippen molar-refractivity contribution in [3.63, 3.8) is 0 Å². The predicted octanol–water partition coefficient (Wildman–Crippen LogP) is 1.44. The van der Waals surface area contributed by atoms with E-state index >= 15 is 0 Å². The highest BCUT2D eigenvalue weighted by Gasteiger charge is 2.28. The number of hydrogen-bond donors (Lipinski definition) is 1. The molecule has 1 unspecified atom stereocenters. The molecule has 128 valence electrons. The highest BCUT2D eigenvalue weighted by atomic mass is 35.5. The number of nitrogens with one attached hydrogen (secondary N) is 1. The Morgan fingerprint density at radius 1 is 1.22 bits per heavy atom. The maximum atomic E-state index is 13.6. The molecule has 1 aromatic carbocycles. The van der Waals surface area contributed by atoms with Crippen molar-refractivity contribution in [2.75, 3.05) is 39.3 Å². The summed E-state index contributed by atoms with van der Waals surface area (Å²) < 4.78 is 26.8. The molecule has 1 atom stereocenters. The lowest BCUT2D eigenvalue weighted by Crippen LogP contribution is -2.52. The van der Waals surface area contributed by atoms with E-state index in [0.717, 1.165) is 38.7 Å². The summed E-state index contributed by atoms with van der Waals surface area (Å²) in [5.74, 6) is -1.94. The molecule has 0 saturated carbocycles. The molecule has 2 aliphatic heterocycles. The first-order chi connectivity index (χ1) is 10.6. The van der Waals surface area contributed by atoms with E-state index in [1.807, 2.05) is 0 Å². The van der Waals surface area contributed by atoms with Crippen molar-refractivity contribution >= 4 is 18.3 Å². The van der Waals surface area contributed by atoms with Crippen LogP contribution in [0.25, 0.3) is 0 Å². The standard InChI is InChI=1S/C16H21F2N3O.ClH/c17-14-3-1-2-12(16(14)18)10-15(22)21-8-6-20(7-9-21)13-4-5-19-11-13;/h1-3,13,19H,4-11H2;1H. The summed E-state index contributed by atoms with van der Waals surface area (Å²) >= 11 is 0. The first-order valence-corrected chi connectivity index (χ1v) is 7.80. The van der Waals surface area contributed by atoms with E-state index in [0.29, 0.717) is 19.1 Å². The van der Waals surface area contributed by atoms with E-state index in [1.165, 1.54) is 12.1 Å². The number of carbonyl (C=O) groups is 1. The van der Waals surface area contributed by atoms with Gasteiger partial charge in [-0.2, -0.15) is 0 Å². The van der Waals surface area contributed by atoms with Gasteiger partial charge in [0.2, 0.25) is 5.91 Å². The second-order valence-corrected chi connectivity index (χ2v) is 5.95. The molecule has 2 aliphatic rings. The number of amides is 1. The first-order valence-electron chi connectivity index (χ1n) is 7.80. The third kappa shape index (κ3) is 4.19. The van der Waals surface area contributed by atoms with E-state index in [2.05, 4.69) is 10.2 Å². The molecular formula is C16H22ClF2N3O. The van der Waals surface area contributed by atoms with E-state index < -0.39 is 11.6 Å². The van der Waals surface area contributed by atoms with Crippen molar-refractivity contribution in [1.29, 1.82) is 0 Å². The van der Waals surface area contributed by atoms with Crippen LogP contribution in [0, 0.1) is 11.6 Å². The van der Waals surface area contributed by atoms with Crippen molar-refractivity contribution in [2.24, 2.45) is 0 Å². The highest BCUT2D eigenvalue weighted by molar-refractivity contribution is 5.85. The van der Waals surface area contributed by atoms with E-state index in [1.54, 1.807) is 4.90 Å². The third-order valence-electron chi connectivity index (χ3n) is 4.59. The van der Waals surface area contributed by atoms with E-state index in [4.69, 9.17) is 0 Å². The molecule has 3 rings (SSSR count). The number of nitrogens with zero attached hydrogens (tertiary/aromatic N) is 2. The van der Waals surface area contributed by atoms with Crippen LogP contribution in [-0.4, -0.2) is 61.0 Å². The van der Waals surface area contributed by atoms with Gasteiger partial charge in [-0.05, 0) is 19.0 Å². The zero-order valence-corrected chi connectivity index (χ0v) is 13.7. The van der Waals surface area contributed by atoms with E-state index in [-0.39, 0.29) is 30.3 Å². The maximum Gasteiger partial charge on any atom is 0.227 e. The number of hydrogen-bond acceptors (Lipinski definition) is 3. The first kappa shape index (κ1) is 18.1. The number of rotatable bonds is 3. The second kappa shape index (κ2) is 8.04. The molecular weight excluding hydrogens is 324 g/mol. The Bertz CT molecular complexity index is 544. The molecule has 1 amide bonds. The summed E-state index contributed by atoms with van der Waals surface area (Å²) in [6, 6.07) is 4.54. The number of carbonyl (C=O) groups excluding carboxylic acids is 1. The molecule has 1 aromatic rings. The van der Waals surface area contributed by atoms with Crippen LogP contribution >= 0.6 is 12.4 Å². The lowest BCUT2D eigenvalue weighted by atomic mass is 10.1. The molecule has 2 fully saturated rings. The molecule has 7 heteroatoms. The molecule has 0 spiro atoms. The largest absolute Gasteiger partial charge is 0.340 e. The van der Waals surface area contributed by atoms with Crippen molar-refractivity contribution in [2.45, 2.75) is 18.9 Å². The monoisotopic (exact) mass is 345 g/mol. The minimum atomic E-state index is -0.911. The summed E-state index contributed by atoms with van der Waals surface area (Å²) in [7, 11) is 0. The Morgan fingerprint density at radius 2 is 1.96 bits per heavy atom. The van der Waals surface area contributed by atoms with Crippen LogP contribution in [0.15, 0.2) is 18.2 Å². The van der Waals surface area contributed by atoms with Gasteiger partial charge in [-0.25, -0.2) is 8.78 Å². The summed E-state index contributed by atoms with van der Waals surface area (Å²) in [6.45, 7) is 5.09. The van der Waals surface area contributed by atoms with Crippen molar-refractivity contribution in [3.05, 3.63) is 35.4 Å². The third-order valence-corrected chi connectivity index (χ3v) is 4.59. The number of halogens is 3. The average molecular weight is 346 g/mol. The molecule has 4 nitrogen and oxygen atoms in total. The van der Waals surface area contributed by atoms with Gasteiger partial charge in [0.05, 0.1) is 6.42 Å². The number of piperazine rings is 1. The molecule has 0 bridgehead atoms. The van der Waals surface area contributed by atoms with Crippen LogP contribution in [-0.2, 0) is 11.2 Å². The zero-order chi connectivity index (χ0) is 15.5. The van der Waals surface area contributed by atoms with Gasteiger partial charge < -0.3 is 10.2 Å². The topological polar surface area (TPSA) is 35.6 Å². The van der Waals surface area contributed by atoms with Crippen LogP contribution in [0.2, 0.25) is 0 Å². The highest BCUT2D eigenvalue weighted by Crippen LogP contribution is 2.15. The quantitative estimate of drug-likeness (QED) is 0.900. The Morgan fingerprint density at radius 3 is 2.61 bits per heavy atom.